The first-order chi connectivity index (χ1) is 6.65. The molecular formula is C11H14O3. The lowest BCUT2D eigenvalue weighted by Crippen LogP contribution is -2.01. The molecule has 1 rings (SSSR count). The Morgan fingerprint density at radius 2 is 2.21 bits per heavy atom. The molecule has 0 aliphatic carbocycles. The molecule has 0 heterocycles. The van der Waals surface area contributed by atoms with Crippen molar-refractivity contribution in [2.75, 3.05) is 6.61 Å². The van der Waals surface area contributed by atoms with E-state index in [-0.39, 0.29) is 0 Å². The van der Waals surface area contributed by atoms with Crippen LogP contribution in [0.15, 0.2) is 18.2 Å². The van der Waals surface area contributed by atoms with Gasteiger partial charge in [0.15, 0.2) is 0 Å². The second-order valence-corrected chi connectivity index (χ2v) is 3.08. The summed E-state index contributed by atoms with van der Waals surface area (Å²) in [4.78, 5) is 10.7. The second kappa shape index (κ2) is 4.77. The molecule has 0 fully saturated rings. The molecule has 0 radical (unpaired) electrons. The van der Waals surface area contributed by atoms with E-state index in [1.807, 2.05) is 13.8 Å². The van der Waals surface area contributed by atoms with Gasteiger partial charge in [0.25, 0.3) is 0 Å². The Morgan fingerprint density at radius 3 is 2.79 bits per heavy atom. The lowest BCUT2D eigenvalue weighted by Gasteiger charge is -2.06. The van der Waals surface area contributed by atoms with Gasteiger partial charge in [-0.15, -0.1) is 0 Å². The Balaban J connectivity index is 2.90. The number of ether oxygens (including phenoxy) is 1. The maximum absolute atomic E-state index is 10.7. The Kier molecular flexibility index (Phi) is 3.65. The lowest BCUT2D eigenvalue weighted by molar-refractivity contribution is 0.0696. The molecular weight excluding hydrogens is 180 g/mol. The molecule has 0 spiro atoms. The summed E-state index contributed by atoms with van der Waals surface area (Å²) < 4.78 is 5.24. The summed E-state index contributed by atoms with van der Waals surface area (Å²) in [6.45, 7) is 4.97. The van der Waals surface area contributed by atoms with E-state index in [0.717, 1.165) is 11.1 Å². The van der Waals surface area contributed by atoms with Crippen molar-refractivity contribution < 1.29 is 14.6 Å². The number of rotatable bonds is 4. The molecule has 0 aliphatic heterocycles. The third-order valence-electron chi connectivity index (χ3n) is 2.06. The maximum atomic E-state index is 10.7. The number of aryl methyl sites for hydroxylation is 1. The van der Waals surface area contributed by atoms with Gasteiger partial charge in [0.1, 0.15) is 0 Å². The number of aromatic carboxylic acids is 1. The van der Waals surface area contributed by atoms with E-state index >= 15 is 0 Å². The van der Waals surface area contributed by atoms with Crippen molar-refractivity contribution >= 4 is 5.97 Å². The predicted molar refractivity (Wildman–Crippen MR) is 53.5 cm³/mol. The van der Waals surface area contributed by atoms with E-state index in [1.54, 1.807) is 18.2 Å². The van der Waals surface area contributed by atoms with Gasteiger partial charge < -0.3 is 9.84 Å². The molecule has 3 nitrogen and oxygen atoms in total. The highest BCUT2D eigenvalue weighted by Gasteiger charge is 2.05. The molecule has 1 N–H and O–H groups in total. The van der Waals surface area contributed by atoms with Crippen LogP contribution in [-0.2, 0) is 11.3 Å². The van der Waals surface area contributed by atoms with Crippen LogP contribution in [0.5, 0.6) is 0 Å². The normalized spacial score (nSPS) is 10.1. The Morgan fingerprint density at radius 1 is 1.50 bits per heavy atom. The summed E-state index contributed by atoms with van der Waals surface area (Å²) in [5.74, 6) is -0.900. The van der Waals surface area contributed by atoms with Crippen molar-refractivity contribution in [3.63, 3.8) is 0 Å². The quantitative estimate of drug-likeness (QED) is 0.799. The van der Waals surface area contributed by atoms with E-state index in [2.05, 4.69) is 0 Å². The average molecular weight is 194 g/mol. The largest absolute Gasteiger partial charge is 0.478 e. The fourth-order valence-corrected chi connectivity index (χ4v) is 1.17. The SMILES string of the molecule is CCOCc1cc(C(=O)O)ccc1C. The number of benzene rings is 1. The second-order valence-electron chi connectivity index (χ2n) is 3.08. The third-order valence-corrected chi connectivity index (χ3v) is 2.06. The van der Waals surface area contributed by atoms with E-state index in [4.69, 9.17) is 9.84 Å². The summed E-state index contributed by atoms with van der Waals surface area (Å²) in [5, 5.41) is 8.78. The monoisotopic (exact) mass is 194 g/mol. The van der Waals surface area contributed by atoms with Crippen LogP contribution in [0.4, 0.5) is 0 Å². The van der Waals surface area contributed by atoms with Crippen LogP contribution >= 0.6 is 0 Å². The van der Waals surface area contributed by atoms with Gasteiger partial charge in [-0.2, -0.15) is 0 Å². The summed E-state index contributed by atoms with van der Waals surface area (Å²) in [7, 11) is 0. The summed E-state index contributed by atoms with van der Waals surface area (Å²) >= 11 is 0. The highest BCUT2D eigenvalue weighted by Crippen LogP contribution is 2.12. The lowest BCUT2D eigenvalue weighted by atomic mass is 10.1. The summed E-state index contributed by atoms with van der Waals surface area (Å²) in [6, 6.07) is 5.07. The van der Waals surface area contributed by atoms with Crippen LogP contribution in [0.25, 0.3) is 0 Å². The molecule has 76 valence electrons. The van der Waals surface area contributed by atoms with Gasteiger partial charge >= 0.3 is 5.97 Å². The molecule has 0 saturated carbocycles. The highest BCUT2D eigenvalue weighted by molar-refractivity contribution is 5.87. The van der Waals surface area contributed by atoms with Crippen molar-refractivity contribution in [1.29, 1.82) is 0 Å². The smallest absolute Gasteiger partial charge is 0.335 e. The van der Waals surface area contributed by atoms with Gasteiger partial charge in [0.05, 0.1) is 12.2 Å². The van der Waals surface area contributed by atoms with Crippen LogP contribution in [-0.4, -0.2) is 17.7 Å². The molecule has 1 aromatic rings. The first kappa shape index (κ1) is 10.7. The van der Waals surface area contributed by atoms with Crippen LogP contribution in [0.2, 0.25) is 0 Å². The first-order valence-corrected chi connectivity index (χ1v) is 4.55. The van der Waals surface area contributed by atoms with Crippen LogP contribution in [0.1, 0.15) is 28.4 Å². The molecule has 0 amide bonds. The number of carboxylic acid groups (broad SMARTS) is 1. The van der Waals surface area contributed by atoms with E-state index in [9.17, 15) is 4.79 Å². The van der Waals surface area contributed by atoms with E-state index in [1.165, 1.54) is 0 Å². The van der Waals surface area contributed by atoms with Crippen LogP contribution < -0.4 is 0 Å². The Bertz CT molecular complexity index is 331. The van der Waals surface area contributed by atoms with Gasteiger partial charge in [-0.1, -0.05) is 6.07 Å². The molecule has 0 bridgehead atoms. The number of hydrogen-bond donors (Lipinski definition) is 1. The minimum absolute atomic E-state index is 0.310. The minimum atomic E-state index is -0.900. The van der Waals surface area contributed by atoms with Gasteiger partial charge in [-0.05, 0) is 37.1 Å². The highest BCUT2D eigenvalue weighted by atomic mass is 16.5. The van der Waals surface area contributed by atoms with E-state index in [0.29, 0.717) is 18.8 Å². The molecule has 0 saturated heterocycles. The van der Waals surface area contributed by atoms with Crippen molar-refractivity contribution in [2.24, 2.45) is 0 Å². The topological polar surface area (TPSA) is 46.5 Å². The standard InChI is InChI=1S/C11H14O3/c1-3-14-7-10-6-9(11(12)13)5-4-8(10)2/h4-6H,3,7H2,1-2H3,(H,12,13). The minimum Gasteiger partial charge on any atom is -0.478 e. The van der Waals surface area contributed by atoms with Gasteiger partial charge in [0.2, 0.25) is 0 Å². The van der Waals surface area contributed by atoms with E-state index < -0.39 is 5.97 Å². The summed E-state index contributed by atoms with van der Waals surface area (Å²) in [5.41, 5.74) is 2.31. The maximum Gasteiger partial charge on any atom is 0.335 e. The zero-order chi connectivity index (χ0) is 10.6. The van der Waals surface area contributed by atoms with Crippen molar-refractivity contribution in [2.45, 2.75) is 20.5 Å². The van der Waals surface area contributed by atoms with Crippen molar-refractivity contribution in [1.82, 2.24) is 0 Å². The van der Waals surface area contributed by atoms with Gasteiger partial charge in [-0.3, -0.25) is 0 Å². The molecule has 0 aliphatic rings. The fourth-order valence-electron chi connectivity index (χ4n) is 1.17. The summed E-state index contributed by atoms with van der Waals surface area (Å²) in [6.07, 6.45) is 0. The average Bonchev–Trinajstić information content (AvgIpc) is 2.16. The molecule has 14 heavy (non-hydrogen) atoms. The molecule has 0 atom stereocenters. The zero-order valence-electron chi connectivity index (χ0n) is 8.41. The van der Waals surface area contributed by atoms with Crippen molar-refractivity contribution in [3.05, 3.63) is 34.9 Å². The van der Waals surface area contributed by atoms with Gasteiger partial charge in [-0.25, -0.2) is 4.79 Å². The van der Waals surface area contributed by atoms with Crippen molar-refractivity contribution in [3.8, 4) is 0 Å². The predicted octanol–water partition coefficient (Wildman–Crippen LogP) is 2.23. The molecule has 0 unspecified atom stereocenters. The number of carboxylic acids is 1. The number of carbonyl (C=O) groups is 1. The Hall–Kier alpha value is -1.35. The third kappa shape index (κ3) is 2.57. The molecule has 3 heteroatoms. The molecule has 1 aromatic carbocycles. The van der Waals surface area contributed by atoms with Crippen LogP contribution in [0.3, 0.4) is 0 Å². The number of hydrogen-bond acceptors (Lipinski definition) is 2. The first-order valence-electron chi connectivity index (χ1n) is 4.55. The Labute approximate surface area is 83.3 Å². The fraction of sp³-hybridized carbons (Fsp3) is 0.364. The molecule has 0 aromatic heterocycles. The van der Waals surface area contributed by atoms with Gasteiger partial charge in [0, 0.05) is 6.61 Å². The van der Waals surface area contributed by atoms with Crippen LogP contribution in [0, 0.1) is 6.92 Å². The zero-order valence-corrected chi connectivity index (χ0v) is 8.41.